The van der Waals surface area contributed by atoms with Gasteiger partial charge >= 0.3 is 0 Å². The average Bonchev–Trinajstić information content (AvgIpc) is 3.16. The number of fused-ring (bicyclic) bond motifs is 1. The van der Waals surface area contributed by atoms with E-state index in [1.165, 1.54) is 35.9 Å². The van der Waals surface area contributed by atoms with Gasteiger partial charge in [-0.25, -0.2) is 9.97 Å². The van der Waals surface area contributed by atoms with E-state index in [4.69, 9.17) is 9.97 Å². The number of nitrogens with zero attached hydrogens (tertiary/aromatic N) is 3. The van der Waals surface area contributed by atoms with Gasteiger partial charge in [0.1, 0.15) is 10.7 Å². The molecule has 0 radical (unpaired) electrons. The Labute approximate surface area is 147 Å². The van der Waals surface area contributed by atoms with Crippen molar-refractivity contribution in [1.82, 2.24) is 14.5 Å². The summed E-state index contributed by atoms with van der Waals surface area (Å²) in [6.07, 6.45) is 9.46. The third-order valence-corrected chi connectivity index (χ3v) is 6.53. The lowest BCUT2D eigenvalue weighted by Crippen LogP contribution is -2.19. The van der Waals surface area contributed by atoms with Crippen molar-refractivity contribution >= 4 is 21.6 Å². The molecule has 0 aliphatic heterocycles. The smallest absolute Gasteiger partial charge is 0.127 e. The minimum atomic E-state index is 0.517. The van der Waals surface area contributed by atoms with E-state index < -0.39 is 0 Å². The van der Waals surface area contributed by atoms with Gasteiger partial charge in [-0.15, -0.1) is 11.3 Å². The Kier molecular flexibility index (Phi) is 3.95. The summed E-state index contributed by atoms with van der Waals surface area (Å²) in [4.78, 5) is 12.1. The molecule has 3 heterocycles. The molecule has 0 spiro atoms. The number of hydrogen-bond acceptors (Lipinski definition) is 3. The van der Waals surface area contributed by atoms with Crippen molar-refractivity contribution < 1.29 is 0 Å². The predicted molar refractivity (Wildman–Crippen MR) is 101 cm³/mol. The van der Waals surface area contributed by atoms with Crippen LogP contribution < -0.4 is 0 Å². The first-order valence-electron chi connectivity index (χ1n) is 8.88. The fraction of sp³-hybridized carbons (Fsp3) is 0.500. The van der Waals surface area contributed by atoms with Crippen molar-refractivity contribution in [3.8, 4) is 0 Å². The fourth-order valence-electron chi connectivity index (χ4n) is 3.77. The molecular weight excluding hydrogens is 314 g/mol. The molecule has 0 amide bonds. The van der Waals surface area contributed by atoms with Crippen molar-refractivity contribution in [1.29, 1.82) is 0 Å². The summed E-state index contributed by atoms with van der Waals surface area (Å²) in [5, 5.41) is 1.25. The number of aryl methyl sites for hydroxylation is 1. The number of hydrogen-bond donors (Lipinski definition) is 0. The molecule has 126 valence electrons. The Morgan fingerprint density at radius 3 is 2.58 bits per heavy atom. The highest BCUT2D eigenvalue weighted by Crippen LogP contribution is 2.45. The maximum Gasteiger partial charge on any atom is 0.127 e. The van der Waals surface area contributed by atoms with Gasteiger partial charge in [0.15, 0.2) is 0 Å². The van der Waals surface area contributed by atoms with Crippen molar-refractivity contribution in [2.45, 2.75) is 58.9 Å². The van der Waals surface area contributed by atoms with Crippen LogP contribution in [0.2, 0.25) is 0 Å². The molecule has 0 unspecified atom stereocenters. The molecule has 0 N–H and O–H groups in total. The second kappa shape index (κ2) is 5.99. The van der Waals surface area contributed by atoms with Crippen LogP contribution in [0.4, 0.5) is 0 Å². The summed E-state index contributed by atoms with van der Waals surface area (Å²) in [6.45, 7) is 7.62. The van der Waals surface area contributed by atoms with Gasteiger partial charge in [0, 0.05) is 22.7 Å². The molecule has 3 nitrogen and oxygen atoms in total. The minimum absolute atomic E-state index is 0.517. The lowest BCUT2D eigenvalue weighted by Gasteiger charge is -2.33. The molecule has 0 bridgehead atoms. The van der Waals surface area contributed by atoms with Crippen LogP contribution in [0.1, 0.15) is 61.8 Å². The Morgan fingerprint density at radius 1 is 1.17 bits per heavy atom. The number of rotatable bonds is 3. The molecular formula is C20H25N3S. The fourth-order valence-corrected chi connectivity index (χ4v) is 5.04. The Morgan fingerprint density at radius 2 is 1.88 bits per heavy atom. The molecule has 3 aromatic heterocycles. The van der Waals surface area contributed by atoms with Crippen molar-refractivity contribution in [3.05, 3.63) is 47.0 Å². The molecule has 0 atom stereocenters. The predicted octanol–water partition coefficient (Wildman–Crippen LogP) is 5.53. The maximum absolute atomic E-state index is 4.73. The summed E-state index contributed by atoms with van der Waals surface area (Å²) in [7, 11) is 0. The Hall–Kier alpha value is -1.68. The van der Waals surface area contributed by atoms with E-state index in [0.29, 0.717) is 11.3 Å². The van der Waals surface area contributed by atoms with Crippen molar-refractivity contribution in [3.63, 3.8) is 0 Å². The van der Waals surface area contributed by atoms with E-state index >= 15 is 0 Å². The topological polar surface area (TPSA) is 30.7 Å². The van der Waals surface area contributed by atoms with Crippen LogP contribution >= 0.6 is 11.3 Å². The molecule has 1 fully saturated rings. The van der Waals surface area contributed by atoms with Gasteiger partial charge in [0.05, 0.1) is 12.2 Å². The number of aromatic nitrogens is 3. The van der Waals surface area contributed by atoms with Gasteiger partial charge < -0.3 is 4.57 Å². The minimum Gasteiger partial charge on any atom is -0.348 e. The molecule has 0 aromatic carbocycles. The molecule has 1 aliphatic rings. The van der Waals surface area contributed by atoms with Crippen LogP contribution in [0.5, 0.6) is 0 Å². The highest BCUT2D eigenvalue weighted by molar-refractivity contribution is 7.18. The van der Waals surface area contributed by atoms with Gasteiger partial charge in [-0.3, -0.25) is 0 Å². The summed E-state index contributed by atoms with van der Waals surface area (Å²) in [5.41, 5.74) is 1.66. The van der Waals surface area contributed by atoms with E-state index in [2.05, 4.69) is 49.0 Å². The first kappa shape index (κ1) is 15.8. The lowest BCUT2D eigenvalue weighted by atomic mass is 9.73. The van der Waals surface area contributed by atoms with E-state index in [9.17, 15) is 0 Å². The van der Waals surface area contributed by atoms with Crippen molar-refractivity contribution in [2.75, 3.05) is 0 Å². The van der Waals surface area contributed by atoms with E-state index in [1.54, 1.807) is 0 Å². The van der Waals surface area contributed by atoms with E-state index in [0.717, 1.165) is 22.9 Å². The van der Waals surface area contributed by atoms with Gasteiger partial charge in [-0.05, 0) is 62.1 Å². The Bertz CT molecular complexity index is 835. The zero-order valence-electron chi connectivity index (χ0n) is 14.7. The third-order valence-electron chi connectivity index (χ3n) is 5.34. The highest BCUT2D eigenvalue weighted by atomic mass is 32.1. The third kappa shape index (κ3) is 3.12. The summed E-state index contributed by atoms with van der Waals surface area (Å²) < 4.78 is 2.18. The molecule has 4 heteroatoms. The van der Waals surface area contributed by atoms with Gasteiger partial charge in [0.25, 0.3) is 0 Å². The van der Waals surface area contributed by atoms with Crippen LogP contribution in [0.3, 0.4) is 0 Å². The van der Waals surface area contributed by atoms with Gasteiger partial charge in [-0.1, -0.05) is 13.8 Å². The van der Waals surface area contributed by atoms with E-state index in [-0.39, 0.29) is 0 Å². The van der Waals surface area contributed by atoms with Gasteiger partial charge in [-0.2, -0.15) is 0 Å². The maximum atomic E-state index is 4.73. The van der Waals surface area contributed by atoms with E-state index in [1.807, 2.05) is 18.3 Å². The molecule has 24 heavy (non-hydrogen) atoms. The second-order valence-electron chi connectivity index (χ2n) is 7.88. The summed E-state index contributed by atoms with van der Waals surface area (Å²) >= 11 is 1.88. The van der Waals surface area contributed by atoms with Gasteiger partial charge in [0.2, 0.25) is 0 Å². The first-order chi connectivity index (χ1) is 11.5. The SMILES string of the molecule is Cc1nc(Cn2cccc2)c2cc(C3CCC(C)(C)CC3)sc2n1. The second-order valence-corrected chi connectivity index (χ2v) is 8.94. The zero-order chi connectivity index (χ0) is 16.7. The Balaban J connectivity index is 1.67. The average molecular weight is 340 g/mol. The van der Waals surface area contributed by atoms with Crippen LogP contribution in [-0.4, -0.2) is 14.5 Å². The lowest BCUT2D eigenvalue weighted by molar-refractivity contribution is 0.226. The molecule has 1 aliphatic carbocycles. The first-order valence-corrected chi connectivity index (χ1v) is 9.69. The largest absolute Gasteiger partial charge is 0.348 e. The highest BCUT2D eigenvalue weighted by Gasteiger charge is 2.28. The monoisotopic (exact) mass is 339 g/mol. The quantitative estimate of drug-likeness (QED) is 0.628. The summed E-state index contributed by atoms with van der Waals surface area (Å²) in [5.74, 6) is 1.58. The van der Waals surface area contributed by atoms with Crippen LogP contribution in [0.25, 0.3) is 10.2 Å². The normalized spacial score (nSPS) is 18.3. The number of thiophene rings is 1. The molecule has 0 saturated heterocycles. The molecule has 4 rings (SSSR count). The molecule has 3 aromatic rings. The zero-order valence-corrected chi connectivity index (χ0v) is 15.6. The standard InChI is InChI=1S/C20H25N3S/c1-14-21-17(13-23-10-4-5-11-23)16-12-18(24-19(16)22-14)15-6-8-20(2,3)9-7-15/h4-5,10-12,15H,6-9,13H2,1-3H3. The molecule has 1 saturated carbocycles. The van der Waals surface area contributed by atoms with Crippen LogP contribution in [0.15, 0.2) is 30.6 Å². The summed E-state index contributed by atoms with van der Waals surface area (Å²) in [6, 6.07) is 6.50. The van der Waals surface area contributed by atoms with Crippen LogP contribution in [0, 0.1) is 12.3 Å². The van der Waals surface area contributed by atoms with Crippen molar-refractivity contribution in [2.24, 2.45) is 5.41 Å². The van der Waals surface area contributed by atoms with Crippen LogP contribution in [-0.2, 0) is 6.54 Å².